The molecule has 2 N–H and O–H groups in total. The third kappa shape index (κ3) is 4.19. The van der Waals surface area contributed by atoms with Crippen molar-refractivity contribution in [2.24, 2.45) is 5.92 Å². The second-order valence-electron chi connectivity index (χ2n) is 7.95. The fourth-order valence-electron chi connectivity index (χ4n) is 3.88. The summed E-state index contributed by atoms with van der Waals surface area (Å²) in [4.78, 5) is 40.3. The van der Waals surface area contributed by atoms with Gasteiger partial charge in [0.2, 0.25) is 5.91 Å². The molecular formula is C23H24ClN3O3. The number of carbonyl (C=O) groups is 3. The van der Waals surface area contributed by atoms with Crippen molar-refractivity contribution >= 4 is 29.4 Å². The van der Waals surface area contributed by atoms with Gasteiger partial charge in [-0.1, -0.05) is 60.1 Å². The highest BCUT2D eigenvalue weighted by atomic mass is 35.5. The number of benzene rings is 2. The van der Waals surface area contributed by atoms with Crippen LogP contribution in [-0.4, -0.2) is 34.8 Å². The molecule has 4 rings (SSSR count). The lowest BCUT2D eigenvalue weighted by Crippen LogP contribution is -2.53. The summed E-state index contributed by atoms with van der Waals surface area (Å²) >= 11 is 6.25. The van der Waals surface area contributed by atoms with E-state index in [-0.39, 0.29) is 18.4 Å². The van der Waals surface area contributed by atoms with Gasteiger partial charge in [0, 0.05) is 23.0 Å². The van der Waals surface area contributed by atoms with E-state index in [1.165, 1.54) is 0 Å². The lowest BCUT2D eigenvalue weighted by molar-refractivity contribution is -0.136. The van der Waals surface area contributed by atoms with Gasteiger partial charge in [-0.15, -0.1) is 0 Å². The maximum absolute atomic E-state index is 13.2. The molecule has 4 amide bonds. The van der Waals surface area contributed by atoms with Crippen molar-refractivity contribution in [1.82, 2.24) is 15.5 Å². The number of hydrogen-bond donors (Lipinski definition) is 2. The Labute approximate surface area is 180 Å². The molecule has 0 spiro atoms. The van der Waals surface area contributed by atoms with Crippen LogP contribution < -0.4 is 10.6 Å². The van der Waals surface area contributed by atoms with Crippen molar-refractivity contribution in [2.45, 2.75) is 44.3 Å². The van der Waals surface area contributed by atoms with Gasteiger partial charge in [-0.2, -0.15) is 0 Å². The predicted octanol–water partition coefficient (Wildman–Crippen LogP) is 3.46. The number of hydrogen-bond acceptors (Lipinski definition) is 3. The lowest BCUT2D eigenvalue weighted by atomic mass is 10.0. The number of carbonyl (C=O) groups excluding carboxylic acids is 3. The van der Waals surface area contributed by atoms with Gasteiger partial charge < -0.3 is 10.6 Å². The molecule has 1 saturated heterocycles. The predicted molar refractivity (Wildman–Crippen MR) is 114 cm³/mol. The fourth-order valence-corrected chi connectivity index (χ4v) is 4.13. The molecule has 0 bridgehead atoms. The number of halogens is 1. The molecule has 2 unspecified atom stereocenters. The van der Waals surface area contributed by atoms with Crippen LogP contribution in [0.3, 0.4) is 0 Å². The summed E-state index contributed by atoms with van der Waals surface area (Å²) in [6.45, 7) is 1.97. The summed E-state index contributed by atoms with van der Waals surface area (Å²) in [6.07, 6.45) is 2.42. The lowest BCUT2D eigenvalue weighted by Gasteiger charge is -2.26. The van der Waals surface area contributed by atoms with E-state index in [9.17, 15) is 14.4 Å². The molecule has 2 aromatic carbocycles. The third-order valence-electron chi connectivity index (χ3n) is 5.77. The number of urea groups is 1. The Balaban J connectivity index is 1.61. The average molecular weight is 426 g/mol. The number of imide groups is 1. The second kappa shape index (κ2) is 8.48. The van der Waals surface area contributed by atoms with Gasteiger partial charge in [-0.3, -0.25) is 9.59 Å². The Hall–Kier alpha value is -2.86. The molecule has 0 radical (unpaired) electrons. The maximum atomic E-state index is 13.2. The van der Waals surface area contributed by atoms with E-state index in [1.54, 1.807) is 24.3 Å². The van der Waals surface area contributed by atoms with Crippen LogP contribution in [-0.2, 0) is 16.0 Å². The molecule has 0 aromatic heterocycles. The SMILES string of the molecule is C[C@H](NC(=O)C(Cc1ccccc1)N1C(=O)NC(c2ccccc2Cl)C1=O)C1CC1. The number of nitrogens with one attached hydrogen (secondary N) is 2. The van der Waals surface area contributed by atoms with E-state index in [0.29, 0.717) is 16.5 Å². The standard InChI is InChI=1S/C23H24ClN3O3/c1-14(16-11-12-16)25-21(28)19(13-15-7-3-2-4-8-15)27-22(29)20(26-23(27)30)17-9-5-6-10-18(17)24/h2-10,14,16,19-20H,11-13H2,1H3,(H,25,28)(H,26,30)/t14-,19?,20?/m0/s1. The largest absolute Gasteiger partial charge is 0.352 e. The van der Waals surface area contributed by atoms with Crippen molar-refractivity contribution in [3.63, 3.8) is 0 Å². The van der Waals surface area contributed by atoms with E-state index >= 15 is 0 Å². The molecule has 1 aliphatic heterocycles. The minimum absolute atomic E-state index is 0.0101. The number of rotatable bonds is 7. The first-order chi connectivity index (χ1) is 14.5. The van der Waals surface area contributed by atoms with Gasteiger partial charge >= 0.3 is 6.03 Å². The zero-order chi connectivity index (χ0) is 21.3. The van der Waals surface area contributed by atoms with Crippen molar-refractivity contribution in [3.05, 3.63) is 70.7 Å². The monoisotopic (exact) mass is 425 g/mol. The Morgan fingerprint density at radius 2 is 1.80 bits per heavy atom. The Bertz CT molecular complexity index is 961. The van der Waals surface area contributed by atoms with Gasteiger partial charge in [-0.05, 0) is 37.3 Å². The van der Waals surface area contributed by atoms with E-state index in [1.807, 2.05) is 37.3 Å². The molecule has 7 heteroatoms. The number of nitrogens with zero attached hydrogens (tertiary/aromatic N) is 1. The van der Waals surface area contributed by atoms with Crippen molar-refractivity contribution in [2.75, 3.05) is 0 Å². The second-order valence-corrected chi connectivity index (χ2v) is 8.36. The van der Waals surface area contributed by atoms with Crippen LogP contribution >= 0.6 is 11.6 Å². The van der Waals surface area contributed by atoms with Crippen LogP contribution in [0.5, 0.6) is 0 Å². The van der Waals surface area contributed by atoms with Gasteiger partial charge in [-0.25, -0.2) is 9.69 Å². The Morgan fingerprint density at radius 1 is 1.13 bits per heavy atom. The molecule has 2 aliphatic rings. The fraction of sp³-hybridized carbons (Fsp3) is 0.348. The van der Waals surface area contributed by atoms with E-state index in [2.05, 4.69) is 10.6 Å². The molecule has 2 aromatic rings. The normalized spacial score (nSPS) is 20.6. The summed E-state index contributed by atoms with van der Waals surface area (Å²) in [5.41, 5.74) is 1.39. The molecule has 30 heavy (non-hydrogen) atoms. The zero-order valence-corrected chi connectivity index (χ0v) is 17.4. The summed E-state index contributed by atoms with van der Waals surface area (Å²) < 4.78 is 0. The third-order valence-corrected chi connectivity index (χ3v) is 6.12. The first-order valence-corrected chi connectivity index (χ1v) is 10.6. The highest BCUT2D eigenvalue weighted by Crippen LogP contribution is 2.33. The van der Waals surface area contributed by atoms with Gasteiger partial charge in [0.1, 0.15) is 12.1 Å². The van der Waals surface area contributed by atoms with Crippen molar-refractivity contribution < 1.29 is 14.4 Å². The first kappa shape index (κ1) is 20.4. The Kier molecular flexibility index (Phi) is 5.77. The van der Waals surface area contributed by atoms with Crippen molar-refractivity contribution in [3.8, 4) is 0 Å². The van der Waals surface area contributed by atoms with E-state index in [0.717, 1.165) is 23.3 Å². The van der Waals surface area contributed by atoms with Crippen LogP contribution in [0.15, 0.2) is 54.6 Å². The number of amides is 4. The molecule has 6 nitrogen and oxygen atoms in total. The Morgan fingerprint density at radius 3 is 2.47 bits per heavy atom. The van der Waals surface area contributed by atoms with E-state index < -0.39 is 24.0 Å². The summed E-state index contributed by atoms with van der Waals surface area (Å²) in [6, 6.07) is 13.9. The molecule has 1 saturated carbocycles. The summed E-state index contributed by atoms with van der Waals surface area (Å²) in [5, 5.41) is 6.09. The quantitative estimate of drug-likeness (QED) is 0.667. The van der Waals surface area contributed by atoms with Crippen LogP contribution in [0.2, 0.25) is 5.02 Å². The first-order valence-electron chi connectivity index (χ1n) is 10.2. The molecule has 3 atom stereocenters. The average Bonchev–Trinajstić information content (AvgIpc) is 3.54. The van der Waals surface area contributed by atoms with Gasteiger partial charge in [0.25, 0.3) is 5.91 Å². The highest BCUT2D eigenvalue weighted by molar-refractivity contribution is 6.31. The van der Waals surface area contributed by atoms with E-state index in [4.69, 9.17) is 11.6 Å². The molecule has 1 aliphatic carbocycles. The smallest absolute Gasteiger partial charge is 0.325 e. The van der Waals surface area contributed by atoms with Gasteiger partial charge in [0.05, 0.1) is 0 Å². The van der Waals surface area contributed by atoms with Crippen LogP contribution in [0, 0.1) is 5.92 Å². The maximum Gasteiger partial charge on any atom is 0.325 e. The van der Waals surface area contributed by atoms with Crippen molar-refractivity contribution in [1.29, 1.82) is 0 Å². The topological polar surface area (TPSA) is 78.5 Å². The zero-order valence-electron chi connectivity index (χ0n) is 16.7. The summed E-state index contributed by atoms with van der Waals surface area (Å²) in [5.74, 6) is -0.324. The molecule has 156 valence electrons. The van der Waals surface area contributed by atoms with Gasteiger partial charge in [0.15, 0.2) is 0 Å². The van der Waals surface area contributed by atoms with Crippen LogP contribution in [0.4, 0.5) is 4.79 Å². The highest BCUT2D eigenvalue weighted by Gasteiger charge is 2.46. The molecule has 1 heterocycles. The van der Waals surface area contributed by atoms with Crippen LogP contribution in [0.25, 0.3) is 0 Å². The molecule has 2 fully saturated rings. The van der Waals surface area contributed by atoms with Crippen LogP contribution in [0.1, 0.15) is 36.9 Å². The minimum Gasteiger partial charge on any atom is -0.352 e. The molecular weight excluding hydrogens is 402 g/mol. The minimum atomic E-state index is -0.936. The summed E-state index contributed by atoms with van der Waals surface area (Å²) in [7, 11) is 0.